The van der Waals surface area contributed by atoms with Gasteiger partial charge < -0.3 is 29.9 Å². The zero-order chi connectivity index (χ0) is 19.7. The summed E-state index contributed by atoms with van der Waals surface area (Å²) >= 11 is 0. The first kappa shape index (κ1) is 19.2. The van der Waals surface area contributed by atoms with Crippen LogP contribution in [0, 0.1) is 0 Å². The Labute approximate surface area is 164 Å². The van der Waals surface area contributed by atoms with Gasteiger partial charge in [0.2, 0.25) is 0 Å². The van der Waals surface area contributed by atoms with E-state index in [1.807, 2.05) is 18.2 Å². The second kappa shape index (κ2) is 8.09. The molecule has 1 saturated heterocycles. The Kier molecular flexibility index (Phi) is 5.55. The summed E-state index contributed by atoms with van der Waals surface area (Å²) in [5.74, 6) is 1.14. The van der Waals surface area contributed by atoms with E-state index >= 15 is 0 Å². The van der Waals surface area contributed by atoms with E-state index in [0.29, 0.717) is 6.42 Å². The minimum atomic E-state index is -1.10. The van der Waals surface area contributed by atoms with E-state index in [4.69, 9.17) is 9.47 Å². The quantitative estimate of drug-likeness (QED) is 0.640. The molecule has 2 heterocycles. The number of phenols is 1. The van der Waals surface area contributed by atoms with Crippen molar-refractivity contribution in [2.45, 2.75) is 50.1 Å². The number of ether oxygens (including phenoxy) is 2. The molecule has 0 aliphatic carbocycles. The van der Waals surface area contributed by atoms with Gasteiger partial charge in [-0.1, -0.05) is 18.2 Å². The number of rotatable bonds is 4. The first-order valence-electron chi connectivity index (χ1n) is 9.74. The van der Waals surface area contributed by atoms with Gasteiger partial charge in [-0.25, -0.2) is 0 Å². The molecule has 150 valence electrons. The van der Waals surface area contributed by atoms with Crippen LogP contribution in [0.3, 0.4) is 0 Å². The van der Waals surface area contributed by atoms with Gasteiger partial charge in [0, 0.05) is 12.8 Å². The van der Waals surface area contributed by atoms with Gasteiger partial charge in [-0.3, -0.25) is 0 Å². The van der Waals surface area contributed by atoms with Crippen LogP contribution in [0.15, 0.2) is 36.4 Å². The van der Waals surface area contributed by atoms with Crippen molar-refractivity contribution in [2.24, 2.45) is 0 Å². The van der Waals surface area contributed by atoms with Crippen molar-refractivity contribution < 1.29 is 29.9 Å². The number of hydrogen-bond acceptors (Lipinski definition) is 6. The molecule has 4 unspecified atom stereocenters. The Bertz CT molecular complexity index is 836. The first-order valence-corrected chi connectivity index (χ1v) is 9.74. The Morgan fingerprint density at radius 3 is 2.75 bits per heavy atom. The molecule has 4 rings (SSSR count). The van der Waals surface area contributed by atoms with E-state index in [-0.39, 0.29) is 18.8 Å². The number of aliphatic hydroxyl groups excluding tert-OH is 3. The maximum Gasteiger partial charge on any atom is 0.122 e. The van der Waals surface area contributed by atoms with Crippen LogP contribution >= 0.6 is 0 Å². The molecule has 4 N–H and O–H groups in total. The summed E-state index contributed by atoms with van der Waals surface area (Å²) in [6, 6.07) is 11.4. The van der Waals surface area contributed by atoms with Crippen molar-refractivity contribution in [2.75, 3.05) is 13.2 Å². The number of fused-ring (bicyclic) bond motifs is 1. The molecule has 0 aromatic heterocycles. The van der Waals surface area contributed by atoms with Gasteiger partial charge in [0.05, 0.1) is 25.4 Å². The SMILES string of the molecule is OCC1OC(c2ccc(O)c(Cc3ccc4c(c3)CCCO4)c2)CC(O)C1O. The summed E-state index contributed by atoms with van der Waals surface area (Å²) in [5, 5.41) is 39.7. The lowest BCUT2D eigenvalue weighted by Gasteiger charge is -2.36. The third-order valence-electron chi connectivity index (χ3n) is 5.59. The minimum absolute atomic E-state index is 0.202. The average molecular weight is 386 g/mol. The molecule has 6 heteroatoms. The van der Waals surface area contributed by atoms with E-state index in [0.717, 1.165) is 41.9 Å². The van der Waals surface area contributed by atoms with E-state index < -0.39 is 24.4 Å². The van der Waals surface area contributed by atoms with Crippen LogP contribution < -0.4 is 4.74 Å². The summed E-state index contributed by atoms with van der Waals surface area (Å²) < 4.78 is 11.4. The van der Waals surface area contributed by atoms with Gasteiger partial charge in [-0.2, -0.15) is 0 Å². The smallest absolute Gasteiger partial charge is 0.122 e. The molecule has 2 aromatic carbocycles. The summed E-state index contributed by atoms with van der Waals surface area (Å²) in [7, 11) is 0. The third-order valence-corrected chi connectivity index (χ3v) is 5.59. The summed E-state index contributed by atoms with van der Waals surface area (Å²) in [4.78, 5) is 0. The molecule has 4 atom stereocenters. The number of aryl methyl sites for hydroxylation is 1. The van der Waals surface area contributed by atoms with Crippen LogP contribution in [0.5, 0.6) is 11.5 Å². The van der Waals surface area contributed by atoms with Gasteiger partial charge in [0.1, 0.15) is 23.7 Å². The minimum Gasteiger partial charge on any atom is -0.508 e. The monoisotopic (exact) mass is 386 g/mol. The topological polar surface area (TPSA) is 99.4 Å². The lowest BCUT2D eigenvalue weighted by atomic mass is 9.92. The number of aliphatic hydroxyl groups is 3. The van der Waals surface area contributed by atoms with Gasteiger partial charge in [0.25, 0.3) is 0 Å². The molecular weight excluding hydrogens is 360 g/mol. The molecule has 1 fully saturated rings. The highest BCUT2D eigenvalue weighted by molar-refractivity contribution is 5.44. The standard InChI is InChI=1S/C22H26O6/c23-12-21-22(26)18(25)11-20(28-21)15-4-5-17(24)16(10-15)9-13-3-6-19-14(8-13)2-1-7-27-19/h3-6,8,10,18,20-26H,1-2,7,9,11-12H2. The van der Waals surface area contributed by atoms with Crippen molar-refractivity contribution in [3.05, 3.63) is 58.7 Å². The number of phenolic OH excluding ortho intramolecular Hbond substituents is 1. The lowest BCUT2D eigenvalue weighted by Crippen LogP contribution is -2.47. The van der Waals surface area contributed by atoms with Crippen LogP contribution in [-0.2, 0) is 17.6 Å². The Hall–Kier alpha value is -2.12. The summed E-state index contributed by atoms with van der Waals surface area (Å²) in [5.41, 5.74) is 3.85. The van der Waals surface area contributed by atoms with E-state index in [9.17, 15) is 20.4 Å². The fourth-order valence-electron chi connectivity index (χ4n) is 4.01. The highest BCUT2D eigenvalue weighted by atomic mass is 16.5. The van der Waals surface area contributed by atoms with E-state index in [1.165, 1.54) is 5.56 Å². The van der Waals surface area contributed by atoms with E-state index in [1.54, 1.807) is 12.1 Å². The highest BCUT2D eigenvalue weighted by Gasteiger charge is 2.37. The van der Waals surface area contributed by atoms with Crippen LogP contribution in [0.25, 0.3) is 0 Å². The molecule has 2 aliphatic heterocycles. The zero-order valence-electron chi connectivity index (χ0n) is 15.6. The van der Waals surface area contributed by atoms with Crippen molar-refractivity contribution >= 4 is 0 Å². The normalized spacial score (nSPS) is 27.1. The molecule has 0 saturated carbocycles. The Morgan fingerprint density at radius 2 is 1.93 bits per heavy atom. The van der Waals surface area contributed by atoms with Gasteiger partial charge >= 0.3 is 0 Å². The van der Waals surface area contributed by atoms with Crippen molar-refractivity contribution in [3.63, 3.8) is 0 Å². The third kappa shape index (κ3) is 3.86. The van der Waals surface area contributed by atoms with Crippen LogP contribution in [0.4, 0.5) is 0 Å². The zero-order valence-corrected chi connectivity index (χ0v) is 15.6. The largest absolute Gasteiger partial charge is 0.508 e. The molecule has 2 aliphatic rings. The van der Waals surface area contributed by atoms with Crippen LogP contribution in [-0.4, -0.2) is 52.0 Å². The number of benzene rings is 2. The Morgan fingerprint density at radius 1 is 1.07 bits per heavy atom. The summed E-state index contributed by atoms with van der Waals surface area (Å²) in [6.45, 7) is 0.392. The second-order valence-electron chi connectivity index (χ2n) is 7.60. The molecule has 6 nitrogen and oxygen atoms in total. The highest BCUT2D eigenvalue weighted by Crippen LogP contribution is 2.35. The van der Waals surface area contributed by atoms with Gasteiger partial charge in [0.15, 0.2) is 0 Å². The number of aromatic hydroxyl groups is 1. The molecule has 2 aromatic rings. The molecule has 0 amide bonds. The average Bonchev–Trinajstić information content (AvgIpc) is 2.71. The van der Waals surface area contributed by atoms with Gasteiger partial charge in [-0.15, -0.1) is 0 Å². The first-order chi connectivity index (χ1) is 13.5. The van der Waals surface area contributed by atoms with Crippen molar-refractivity contribution in [1.29, 1.82) is 0 Å². The second-order valence-corrected chi connectivity index (χ2v) is 7.60. The van der Waals surface area contributed by atoms with Crippen LogP contribution in [0.1, 0.15) is 41.2 Å². The van der Waals surface area contributed by atoms with E-state index in [2.05, 4.69) is 6.07 Å². The maximum absolute atomic E-state index is 10.3. The Balaban J connectivity index is 1.56. The predicted molar refractivity (Wildman–Crippen MR) is 103 cm³/mol. The molecule has 0 radical (unpaired) electrons. The van der Waals surface area contributed by atoms with Crippen LogP contribution in [0.2, 0.25) is 0 Å². The lowest BCUT2D eigenvalue weighted by molar-refractivity contribution is -0.181. The van der Waals surface area contributed by atoms with Crippen molar-refractivity contribution in [1.82, 2.24) is 0 Å². The molecule has 28 heavy (non-hydrogen) atoms. The fraction of sp³-hybridized carbons (Fsp3) is 0.455. The molecular formula is C22H26O6. The predicted octanol–water partition coefficient (Wildman–Crippen LogP) is 1.85. The maximum atomic E-state index is 10.3. The molecule has 0 spiro atoms. The van der Waals surface area contributed by atoms with Crippen molar-refractivity contribution in [3.8, 4) is 11.5 Å². The number of hydrogen-bond donors (Lipinski definition) is 4. The van der Waals surface area contributed by atoms with Gasteiger partial charge in [-0.05, 0) is 53.3 Å². The summed E-state index contributed by atoms with van der Waals surface area (Å²) in [6.07, 6.45) is -0.542. The molecule has 0 bridgehead atoms. The fourth-order valence-corrected chi connectivity index (χ4v) is 4.01.